The first-order valence-corrected chi connectivity index (χ1v) is 14.9. The zero-order chi connectivity index (χ0) is 31.4. The fourth-order valence-electron chi connectivity index (χ4n) is 6.05. The van der Waals surface area contributed by atoms with Crippen LogP contribution in [0.2, 0.25) is 0 Å². The van der Waals surface area contributed by atoms with Gasteiger partial charge in [0, 0.05) is 48.0 Å². The van der Waals surface area contributed by atoms with Gasteiger partial charge < -0.3 is 9.47 Å². The third kappa shape index (κ3) is 6.77. The Morgan fingerprint density at radius 1 is 0.933 bits per heavy atom. The van der Waals surface area contributed by atoms with E-state index in [0.717, 1.165) is 37.7 Å². The van der Waals surface area contributed by atoms with Crippen LogP contribution in [0.4, 0.5) is 13.2 Å². The lowest BCUT2D eigenvalue weighted by Gasteiger charge is -2.23. The smallest absolute Gasteiger partial charge is 0.418 e. The second kappa shape index (κ2) is 13.2. The van der Waals surface area contributed by atoms with E-state index in [-0.39, 0.29) is 22.2 Å². The minimum atomic E-state index is -4.60. The number of aromatic nitrogens is 1. The van der Waals surface area contributed by atoms with E-state index in [1.165, 1.54) is 24.2 Å². The highest BCUT2D eigenvalue weighted by molar-refractivity contribution is 6.16. The lowest BCUT2D eigenvalue weighted by Crippen LogP contribution is -2.32. The highest BCUT2D eigenvalue weighted by Gasteiger charge is 2.34. The lowest BCUT2D eigenvalue weighted by atomic mass is 9.91. The molecular weight excluding hydrogens is 577 g/mol. The molecule has 1 aliphatic heterocycles. The molecule has 4 aromatic carbocycles. The maximum Gasteiger partial charge on any atom is 0.418 e. The number of methoxy groups -OCH3 is 1. The Balaban J connectivity index is 1.28. The molecule has 230 valence electrons. The highest BCUT2D eigenvalue weighted by Crippen LogP contribution is 2.39. The Kier molecular flexibility index (Phi) is 8.96. The van der Waals surface area contributed by atoms with E-state index in [0.29, 0.717) is 35.1 Å². The Bertz CT molecular complexity index is 1790. The van der Waals surface area contributed by atoms with Crippen molar-refractivity contribution in [3.05, 3.63) is 131 Å². The number of pyridine rings is 1. The number of carbonyl (C=O) groups is 1. The van der Waals surface area contributed by atoms with Crippen LogP contribution in [0.5, 0.6) is 5.75 Å². The number of fused-ring (bicyclic) bond motifs is 1. The number of ketones is 1. The van der Waals surface area contributed by atoms with Crippen molar-refractivity contribution in [3.63, 3.8) is 0 Å². The van der Waals surface area contributed by atoms with Crippen molar-refractivity contribution in [2.24, 2.45) is 0 Å². The summed E-state index contributed by atoms with van der Waals surface area (Å²) in [6, 6.07) is 28.4. The third-order valence-electron chi connectivity index (χ3n) is 8.28. The molecule has 6 rings (SSSR count). The molecule has 45 heavy (non-hydrogen) atoms. The zero-order valence-electron chi connectivity index (χ0n) is 24.9. The molecule has 5 nitrogen and oxygen atoms in total. The van der Waals surface area contributed by atoms with Gasteiger partial charge in [-0.25, -0.2) is 0 Å². The number of hydrogen-bond acceptors (Lipinski definition) is 5. The van der Waals surface area contributed by atoms with Crippen molar-refractivity contribution >= 4 is 16.7 Å². The monoisotopic (exact) mass is 610 g/mol. The third-order valence-corrected chi connectivity index (χ3v) is 8.28. The van der Waals surface area contributed by atoms with Crippen molar-refractivity contribution < 1.29 is 27.4 Å². The van der Waals surface area contributed by atoms with Gasteiger partial charge in [-0.3, -0.25) is 14.7 Å². The van der Waals surface area contributed by atoms with Crippen LogP contribution in [-0.2, 0) is 24.1 Å². The number of carbonyl (C=O) groups excluding carboxylic acids is 1. The van der Waals surface area contributed by atoms with Crippen LogP contribution in [0, 0.1) is 0 Å². The Morgan fingerprint density at radius 2 is 1.69 bits per heavy atom. The Hall–Kier alpha value is -4.53. The summed E-state index contributed by atoms with van der Waals surface area (Å²) in [6.45, 7) is 2.99. The van der Waals surface area contributed by atoms with Crippen molar-refractivity contribution in [1.29, 1.82) is 0 Å². The van der Waals surface area contributed by atoms with E-state index in [4.69, 9.17) is 9.47 Å². The summed E-state index contributed by atoms with van der Waals surface area (Å²) in [5.41, 5.74) is 2.72. The van der Waals surface area contributed by atoms with Crippen molar-refractivity contribution in [2.75, 3.05) is 20.3 Å². The number of halogens is 3. The van der Waals surface area contributed by atoms with Crippen LogP contribution in [0.25, 0.3) is 22.0 Å². The van der Waals surface area contributed by atoms with Crippen LogP contribution in [-0.4, -0.2) is 42.0 Å². The first-order valence-electron chi connectivity index (χ1n) is 14.9. The number of alkyl halides is 3. The van der Waals surface area contributed by atoms with E-state index in [2.05, 4.69) is 22.0 Å². The van der Waals surface area contributed by atoms with Gasteiger partial charge in [0.15, 0.2) is 5.78 Å². The molecule has 8 heteroatoms. The van der Waals surface area contributed by atoms with E-state index < -0.39 is 11.7 Å². The Morgan fingerprint density at radius 3 is 2.44 bits per heavy atom. The first kappa shape index (κ1) is 30.5. The molecule has 0 amide bonds. The number of nitrogens with zero attached hydrogens (tertiary/aromatic N) is 2. The topological polar surface area (TPSA) is 51.7 Å². The van der Waals surface area contributed by atoms with Gasteiger partial charge in [0.05, 0.1) is 17.7 Å². The predicted molar refractivity (Wildman–Crippen MR) is 168 cm³/mol. The number of ether oxygens (including phenoxy) is 2. The molecule has 1 aliphatic rings. The van der Waals surface area contributed by atoms with Crippen molar-refractivity contribution in [2.45, 2.75) is 38.2 Å². The van der Waals surface area contributed by atoms with E-state index >= 15 is 0 Å². The minimum Gasteiger partial charge on any atom is -0.489 e. The second-order valence-corrected chi connectivity index (χ2v) is 11.3. The normalized spacial score (nSPS) is 15.4. The van der Waals surface area contributed by atoms with Gasteiger partial charge in [0.1, 0.15) is 12.4 Å². The molecule has 1 unspecified atom stereocenters. The fourth-order valence-corrected chi connectivity index (χ4v) is 6.05. The van der Waals surface area contributed by atoms with Crippen molar-refractivity contribution in [1.82, 2.24) is 9.88 Å². The fraction of sp³-hybridized carbons (Fsp3) is 0.243. The molecule has 0 radical (unpaired) electrons. The van der Waals surface area contributed by atoms with E-state index in [1.54, 1.807) is 67.8 Å². The summed E-state index contributed by atoms with van der Waals surface area (Å²) < 4.78 is 53.3. The number of hydrogen-bond donors (Lipinski definition) is 0. The number of likely N-dealkylation sites (tertiary alicyclic amines) is 1. The molecule has 1 atom stereocenters. The van der Waals surface area contributed by atoms with Gasteiger partial charge in [-0.1, -0.05) is 78.9 Å². The summed E-state index contributed by atoms with van der Waals surface area (Å²) in [5, 5.41) is 0.241. The van der Waals surface area contributed by atoms with Gasteiger partial charge >= 0.3 is 6.18 Å². The minimum absolute atomic E-state index is 0.210. The van der Waals surface area contributed by atoms with Gasteiger partial charge in [-0.2, -0.15) is 13.2 Å². The van der Waals surface area contributed by atoms with E-state index in [1.807, 2.05) is 12.1 Å². The summed E-state index contributed by atoms with van der Waals surface area (Å²) in [6.07, 6.45) is -1.02. The highest BCUT2D eigenvalue weighted by atomic mass is 19.4. The SMILES string of the molecule is COCC1CCCN1Cc1ccc(COc2cccc(-c3c(C(=O)c4ccccc4)cnc4c(C(F)(F)F)cccc34)c2)cc1. The molecule has 1 fully saturated rings. The predicted octanol–water partition coefficient (Wildman–Crippen LogP) is 8.34. The molecule has 0 bridgehead atoms. The molecule has 0 saturated carbocycles. The van der Waals surface area contributed by atoms with Crippen LogP contribution < -0.4 is 4.74 Å². The maximum absolute atomic E-state index is 13.9. The van der Waals surface area contributed by atoms with Crippen LogP contribution in [0.15, 0.2) is 103 Å². The number of benzene rings is 4. The quantitative estimate of drug-likeness (QED) is 0.149. The van der Waals surface area contributed by atoms with Crippen LogP contribution in [0.3, 0.4) is 0 Å². The van der Waals surface area contributed by atoms with Crippen molar-refractivity contribution in [3.8, 4) is 16.9 Å². The first-order chi connectivity index (χ1) is 21.8. The van der Waals surface area contributed by atoms with Crippen LogP contribution >= 0.6 is 0 Å². The van der Waals surface area contributed by atoms with Gasteiger partial charge in [0.25, 0.3) is 0 Å². The molecule has 0 spiro atoms. The molecular formula is C37H33F3N2O3. The summed E-state index contributed by atoms with van der Waals surface area (Å²) in [7, 11) is 1.74. The number of para-hydroxylation sites is 1. The molecule has 0 aliphatic carbocycles. The number of rotatable bonds is 10. The second-order valence-electron chi connectivity index (χ2n) is 11.3. The molecule has 2 heterocycles. The molecule has 1 aromatic heterocycles. The lowest BCUT2D eigenvalue weighted by molar-refractivity contribution is -0.136. The molecule has 1 saturated heterocycles. The summed E-state index contributed by atoms with van der Waals surface area (Å²) >= 11 is 0. The van der Waals surface area contributed by atoms with E-state index in [9.17, 15) is 18.0 Å². The molecule has 5 aromatic rings. The van der Waals surface area contributed by atoms with Gasteiger partial charge in [0.2, 0.25) is 0 Å². The average Bonchev–Trinajstić information content (AvgIpc) is 3.49. The standard InChI is InChI=1S/C37H33F3N2O3/c1-44-24-29-11-7-19-42(29)22-25-15-17-26(18-16-25)23-45-30-12-5-10-28(20-30)34-31-13-6-14-33(37(38,39)40)35(31)41-21-32(34)36(43)27-8-3-2-4-9-27/h2-6,8-10,12-18,20-21,29H,7,11,19,22-24H2,1H3. The summed E-state index contributed by atoms with van der Waals surface area (Å²) in [5.74, 6) is 0.206. The van der Waals surface area contributed by atoms with Gasteiger partial charge in [-0.15, -0.1) is 0 Å². The zero-order valence-corrected chi connectivity index (χ0v) is 24.9. The van der Waals surface area contributed by atoms with Crippen LogP contribution in [0.1, 0.15) is 45.5 Å². The summed E-state index contributed by atoms with van der Waals surface area (Å²) in [4.78, 5) is 20.3. The average molecular weight is 611 g/mol. The largest absolute Gasteiger partial charge is 0.489 e. The Labute approximate surface area is 260 Å². The molecule has 0 N–H and O–H groups in total. The van der Waals surface area contributed by atoms with Gasteiger partial charge in [-0.05, 0) is 54.3 Å². The maximum atomic E-state index is 13.9.